The molecule has 1 saturated carbocycles. The van der Waals surface area contributed by atoms with Gasteiger partial charge in [-0.2, -0.15) is 4.31 Å². The molecule has 1 heterocycles. The lowest BCUT2D eigenvalue weighted by Gasteiger charge is -2.41. The van der Waals surface area contributed by atoms with Gasteiger partial charge in [-0.3, -0.25) is 0 Å². The maximum atomic E-state index is 13.9. The van der Waals surface area contributed by atoms with E-state index in [-0.39, 0.29) is 35.9 Å². The molecule has 1 spiro atoms. The standard InChI is InChI=1S/C30H32FNO5S/c1-3-36-29(33)19-37-28-12-10-26(15-21(28)2)38(34,35)32-18-24-16-23(22-7-6-8-25(31)17-22)9-11-27(24)30(20-32)13-4-5-14-30/h6-12,15-17H,3-5,13-14,18-20H2,1-2H3. The highest BCUT2D eigenvalue weighted by molar-refractivity contribution is 7.89. The summed E-state index contributed by atoms with van der Waals surface area (Å²) in [7, 11) is -3.81. The van der Waals surface area contributed by atoms with Crippen LogP contribution in [-0.4, -0.2) is 38.5 Å². The Morgan fingerprint density at radius 1 is 1.03 bits per heavy atom. The number of fused-ring (bicyclic) bond motifs is 2. The summed E-state index contributed by atoms with van der Waals surface area (Å²) in [4.78, 5) is 11.8. The van der Waals surface area contributed by atoms with E-state index in [0.29, 0.717) is 17.9 Å². The molecule has 6 nitrogen and oxygen atoms in total. The van der Waals surface area contributed by atoms with Crippen LogP contribution in [0.3, 0.4) is 0 Å². The van der Waals surface area contributed by atoms with Crippen LogP contribution in [0.25, 0.3) is 11.1 Å². The highest BCUT2D eigenvalue weighted by atomic mass is 32.2. The van der Waals surface area contributed by atoms with Crippen LogP contribution in [-0.2, 0) is 31.5 Å². The lowest BCUT2D eigenvalue weighted by Crippen LogP contribution is -2.46. The van der Waals surface area contributed by atoms with Gasteiger partial charge in [0.25, 0.3) is 0 Å². The Labute approximate surface area is 223 Å². The van der Waals surface area contributed by atoms with Crippen molar-refractivity contribution in [3.63, 3.8) is 0 Å². The highest BCUT2D eigenvalue weighted by Crippen LogP contribution is 2.47. The number of benzene rings is 3. The van der Waals surface area contributed by atoms with Crippen molar-refractivity contribution in [3.8, 4) is 16.9 Å². The van der Waals surface area contributed by atoms with Crippen LogP contribution in [0.5, 0.6) is 5.75 Å². The molecule has 200 valence electrons. The van der Waals surface area contributed by atoms with Gasteiger partial charge in [-0.05, 0) is 90.9 Å². The molecular weight excluding hydrogens is 505 g/mol. The third-order valence-corrected chi connectivity index (χ3v) is 9.44. The third kappa shape index (κ3) is 5.07. The number of halogens is 1. The number of hydrogen-bond acceptors (Lipinski definition) is 5. The highest BCUT2D eigenvalue weighted by Gasteiger charge is 2.45. The Morgan fingerprint density at radius 2 is 1.79 bits per heavy atom. The quantitative estimate of drug-likeness (QED) is 0.359. The van der Waals surface area contributed by atoms with Crippen molar-refractivity contribution < 1.29 is 27.1 Å². The smallest absolute Gasteiger partial charge is 0.344 e. The van der Waals surface area contributed by atoms with Crippen molar-refractivity contribution in [2.45, 2.75) is 56.4 Å². The van der Waals surface area contributed by atoms with Crippen molar-refractivity contribution >= 4 is 16.0 Å². The number of ether oxygens (including phenoxy) is 2. The van der Waals surface area contributed by atoms with Crippen molar-refractivity contribution in [3.05, 3.63) is 83.2 Å². The lowest BCUT2D eigenvalue weighted by atomic mass is 9.74. The number of carbonyl (C=O) groups excluding carboxylic acids is 1. The molecule has 0 amide bonds. The fourth-order valence-electron chi connectivity index (χ4n) is 5.84. The van der Waals surface area contributed by atoms with Gasteiger partial charge >= 0.3 is 5.97 Å². The fraction of sp³-hybridized carbons (Fsp3) is 0.367. The first-order valence-corrected chi connectivity index (χ1v) is 14.4. The van der Waals surface area contributed by atoms with Gasteiger partial charge in [-0.15, -0.1) is 0 Å². The van der Waals surface area contributed by atoms with Gasteiger partial charge in [-0.25, -0.2) is 17.6 Å². The van der Waals surface area contributed by atoms with Crippen LogP contribution in [0, 0.1) is 12.7 Å². The molecule has 0 atom stereocenters. The maximum absolute atomic E-state index is 13.9. The molecule has 3 aromatic carbocycles. The zero-order valence-corrected chi connectivity index (χ0v) is 22.5. The second kappa shape index (κ2) is 10.5. The second-order valence-corrected chi connectivity index (χ2v) is 12.1. The minimum atomic E-state index is -3.81. The molecule has 0 saturated heterocycles. The van der Waals surface area contributed by atoms with Gasteiger partial charge in [0, 0.05) is 18.5 Å². The zero-order chi connectivity index (χ0) is 26.9. The normalized spacial score (nSPS) is 16.8. The molecule has 0 N–H and O–H groups in total. The van der Waals surface area contributed by atoms with Crippen LogP contribution < -0.4 is 4.74 Å². The maximum Gasteiger partial charge on any atom is 0.344 e. The Morgan fingerprint density at radius 3 is 2.50 bits per heavy atom. The average Bonchev–Trinajstić information content (AvgIpc) is 3.36. The van der Waals surface area contributed by atoms with E-state index >= 15 is 0 Å². The zero-order valence-electron chi connectivity index (χ0n) is 21.7. The third-order valence-electron chi connectivity index (χ3n) is 7.66. The topological polar surface area (TPSA) is 72.9 Å². The molecule has 8 heteroatoms. The summed E-state index contributed by atoms with van der Waals surface area (Å²) in [6.45, 7) is 4.20. The number of sulfonamides is 1. The molecule has 0 aromatic heterocycles. The fourth-order valence-corrected chi connectivity index (χ4v) is 7.43. The van der Waals surface area contributed by atoms with E-state index in [1.54, 1.807) is 36.4 Å². The first-order valence-electron chi connectivity index (χ1n) is 13.0. The molecule has 38 heavy (non-hydrogen) atoms. The molecular formula is C30H32FNO5S. The van der Waals surface area contributed by atoms with Gasteiger partial charge in [0.1, 0.15) is 11.6 Å². The number of rotatable bonds is 7. The summed E-state index contributed by atoms with van der Waals surface area (Å²) in [5.41, 5.74) is 4.21. The summed E-state index contributed by atoms with van der Waals surface area (Å²) in [5.74, 6) is -0.343. The van der Waals surface area contributed by atoms with E-state index in [0.717, 1.165) is 42.4 Å². The van der Waals surface area contributed by atoms with Gasteiger partial charge in [0.05, 0.1) is 11.5 Å². The molecule has 0 radical (unpaired) electrons. The summed E-state index contributed by atoms with van der Waals surface area (Å²) in [5, 5.41) is 0. The van der Waals surface area contributed by atoms with Crippen molar-refractivity contribution in [1.29, 1.82) is 0 Å². The average molecular weight is 538 g/mol. The van der Waals surface area contributed by atoms with E-state index in [9.17, 15) is 17.6 Å². The molecule has 1 fully saturated rings. The Hall–Kier alpha value is -3.23. The Balaban J connectivity index is 1.46. The van der Waals surface area contributed by atoms with Crippen LogP contribution in [0.4, 0.5) is 4.39 Å². The van der Waals surface area contributed by atoms with Gasteiger partial charge in [0.15, 0.2) is 6.61 Å². The number of hydrogen-bond donors (Lipinski definition) is 0. The van der Waals surface area contributed by atoms with Crippen LogP contribution >= 0.6 is 0 Å². The van der Waals surface area contributed by atoms with E-state index in [4.69, 9.17) is 9.47 Å². The van der Waals surface area contributed by atoms with Gasteiger partial charge in [0.2, 0.25) is 10.0 Å². The number of nitrogens with zero attached hydrogens (tertiary/aromatic N) is 1. The summed E-state index contributed by atoms with van der Waals surface area (Å²) in [6, 6.07) is 17.3. The molecule has 1 aliphatic heterocycles. The molecule has 2 aliphatic rings. The summed E-state index contributed by atoms with van der Waals surface area (Å²) in [6.07, 6.45) is 3.99. The monoisotopic (exact) mass is 537 g/mol. The SMILES string of the molecule is CCOC(=O)COc1ccc(S(=O)(=O)N2Cc3cc(-c4cccc(F)c4)ccc3C3(CCCC3)C2)cc1C. The minimum Gasteiger partial charge on any atom is -0.482 e. The summed E-state index contributed by atoms with van der Waals surface area (Å²) < 4.78 is 53.7. The van der Waals surface area contributed by atoms with Crippen molar-refractivity contribution in [2.75, 3.05) is 19.8 Å². The summed E-state index contributed by atoms with van der Waals surface area (Å²) >= 11 is 0. The number of aryl methyl sites for hydroxylation is 1. The Bertz CT molecular complexity index is 1460. The molecule has 5 rings (SSSR count). The predicted octanol–water partition coefficient (Wildman–Crippen LogP) is 5.76. The second-order valence-electron chi connectivity index (χ2n) is 10.2. The van der Waals surface area contributed by atoms with Gasteiger partial charge < -0.3 is 9.47 Å². The van der Waals surface area contributed by atoms with E-state index < -0.39 is 16.0 Å². The first-order chi connectivity index (χ1) is 18.2. The van der Waals surface area contributed by atoms with Crippen LogP contribution in [0.1, 0.15) is 49.3 Å². The number of carbonyl (C=O) groups is 1. The number of esters is 1. The minimum absolute atomic E-state index is 0.191. The molecule has 1 aliphatic carbocycles. The van der Waals surface area contributed by atoms with Crippen molar-refractivity contribution in [2.24, 2.45) is 0 Å². The lowest BCUT2D eigenvalue weighted by molar-refractivity contribution is -0.145. The first kappa shape index (κ1) is 26.4. The predicted molar refractivity (Wildman–Crippen MR) is 143 cm³/mol. The van der Waals surface area contributed by atoms with E-state index in [1.165, 1.54) is 23.8 Å². The van der Waals surface area contributed by atoms with E-state index in [1.807, 2.05) is 18.2 Å². The molecule has 0 bridgehead atoms. The van der Waals surface area contributed by atoms with Crippen LogP contribution in [0.15, 0.2) is 65.6 Å². The van der Waals surface area contributed by atoms with Crippen molar-refractivity contribution in [1.82, 2.24) is 4.31 Å². The molecule has 3 aromatic rings. The van der Waals surface area contributed by atoms with Crippen LogP contribution in [0.2, 0.25) is 0 Å². The largest absolute Gasteiger partial charge is 0.482 e. The van der Waals surface area contributed by atoms with E-state index in [2.05, 4.69) is 6.07 Å². The Kier molecular flexibility index (Phi) is 7.29. The molecule has 0 unspecified atom stereocenters. The van der Waals surface area contributed by atoms with Gasteiger partial charge in [-0.1, -0.05) is 37.1 Å².